The number of Topliss-reactive ketones (excluding diaryl/α,β-unsaturated/α-hetero) is 1. The molecule has 2 aromatic carbocycles. The number of hydrogen-bond acceptors (Lipinski definition) is 1. The quantitative estimate of drug-likeness (QED) is 0.706. The Labute approximate surface area is 126 Å². The van der Waals surface area contributed by atoms with Gasteiger partial charge >= 0.3 is 0 Å². The van der Waals surface area contributed by atoms with Crippen LogP contribution in [0, 0.1) is 5.82 Å². The van der Waals surface area contributed by atoms with Gasteiger partial charge in [0.1, 0.15) is 5.82 Å². The van der Waals surface area contributed by atoms with E-state index in [0.717, 1.165) is 10.9 Å². The highest BCUT2D eigenvalue weighted by atomic mass is 35.5. The number of halogens is 2. The molecule has 0 saturated heterocycles. The first kappa shape index (κ1) is 13.8. The summed E-state index contributed by atoms with van der Waals surface area (Å²) in [5, 5.41) is 1.65. The number of rotatable bonds is 4. The van der Waals surface area contributed by atoms with Gasteiger partial charge in [-0.25, -0.2) is 4.39 Å². The zero-order chi connectivity index (χ0) is 14.8. The Balaban J connectivity index is 1.79. The summed E-state index contributed by atoms with van der Waals surface area (Å²) in [4.78, 5) is 12.1. The summed E-state index contributed by atoms with van der Waals surface area (Å²) in [5.41, 5.74) is 1.38. The van der Waals surface area contributed by atoms with Crippen LogP contribution in [0.4, 0.5) is 4.39 Å². The summed E-state index contributed by atoms with van der Waals surface area (Å²) >= 11 is 5.94. The van der Waals surface area contributed by atoms with Crippen LogP contribution in [0.1, 0.15) is 5.56 Å². The fraction of sp³-hybridized carbons (Fsp3) is 0.118. The monoisotopic (exact) mass is 301 g/mol. The van der Waals surface area contributed by atoms with Gasteiger partial charge in [-0.1, -0.05) is 29.8 Å². The molecule has 1 heterocycles. The van der Waals surface area contributed by atoms with E-state index in [1.807, 2.05) is 29.0 Å². The molecule has 3 rings (SSSR count). The SMILES string of the molecule is O=C(Cc1ccccc1F)Cn1ccc2cc(Cl)ccc21. The summed E-state index contributed by atoms with van der Waals surface area (Å²) in [6.07, 6.45) is 1.94. The van der Waals surface area contributed by atoms with Crippen molar-refractivity contribution in [3.8, 4) is 0 Å². The van der Waals surface area contributed by atoms with Crippen LogP contribution in [0.5, 0.6) is 0 Å². The molecule has 4 heteroatoms. The first-order valence-corrected chi connectivity index (χ1v) is 7.01. The maximum Gasteiger partial charge on any atom is 0.156 e. The lowest BCUT2D eigenvalue weighted by Crippen LogP contribution is -2.12. The third kappa shape index (κ3) is 2.98. The van der Waals surface area contributed by atoms with Gasteiger partial charge in [-0.05, 0) is 35.9 Å². The van der Waals surface area contributed by atoms with Gasteiger partial charge in [0.15, 0.2) is 5.78 Å². The Morgan fingerprint density at radius 3 is 2.76 bits per heavy atom. The average Bonchev–Trinajstić information content (AvgIpc) is 2.83. The molecule has 0 amide bonds. The minimum absolute atomic E-state index is 0.0347. The Morgan fingerprint density at radius 2 is 1.95 bits per heavy atom. The lowest BCUT2D eigenvalue weighted by molar-refractivity contribution is -0.118. The third-order valence-electron chi connectivity index (χ3n) is 3.43. The molecule has 2 nitrogen and oxygen atoms in total. The van der Waals surface area contributed by atoms with Crippen molar-refractivity contribution in [2.75, 3.05) is 0 Å². The lowest BCUT2D eigenvalue weighted by atomic mass is 10.1. The smallest absolute Gasteiger partial charge is 0.156 e. The molecule has 0 spiro atoms. The second-order valence-corrected chi connectivity index (χ2v) is 5.39. The van der Waals surface area contributed by atoms with E-state index in [1.165, 1.54) is 6.07 Å². The molecule has 0 unspecified atom stereocenters. The highest BCUT2D eigenvalue weighted by molar-refractivity contribution is 6.31. The van der Waals surface area contributed by atoms with Crippen LogP contribution in [0.3, 0.4) is 0 Å². The predicted molar refractivity (Wildman–Crippen MR) is 82.1 cm³/mol. The fourth-order valence-electron chi connectivity index (χ4n) is 2.41. The molecule has 0 fully saturated rings. The van der Waals surface area contributed by atoms with Crippen molar-refractivity contribution >= 4 is 28.3 Å². The van der Waals surface area contributed by atoms with E-state index in [4.69, 9.17) is 11.6 Å². The van der Waals surface area contributed by atoms with Crippen LogP contribution < -0.4 is 0 Å². The Morgan fingerprint density at radius 1 is 1.14 bits per heavy atom. The van der Waals surface area contributed by atoms with E-state index in [0.29, 0.717) is 10.6 Å². The molecule has 0 aliphatic heterocycles. The summed E-state index contributed by atoms with van der Waals surface area (Å²) in [5.74, 6) is -0.373. The number of carbonyl (C=O) groups excluding carboxylic acids is 1. The number of fused-ring (bicyclic) bond motifs is 1. The number of aromatic nitrogens is 1. The third-order valence-corrected chi connectivity index (χ3v) is 3.66. The molecule has 0 atom stereocenters. The highest BCUT2D eigenvalue weighted by Crippen LogP contribution is 2.20. The Hall–Kier alpha value is -2.13. The Kier molecular flexibility index (Phi) is 3.76. The van der Waals surface area contributed by atoms with Gasteiger partial charge in [0.05, 0.1) is 6.54 Å². The van der Waals surface area contributed by atoms with Crippen LogP contribution in [0.15, 0.2) is 54.7 Å². The predicted octanol–water partition coefficient (Wildman–Crippen LogP) is 4.25. The van der Waals surface area contributed by atoms with Crippen molar-refractivity contribution < 1.29 is 9.18 Å². The van der Waals surface area contributed by atoms with Crippen molar-refractivity contribution in [3.63, 3.8) is 0 Å². The molecular formula is C17H13ClFNO. The summed E-state index contributed by atoms with van der Waals surface area (Å²) in [7, 11) is 0. The first-order chi connectivity index (χ1) is 10.1. The molecule has 106 valence electrons. The molecule has 0 radical (unpaired) electrons. The molecule has 0 N–H and O–H groups in total. The molecule has 21 heavy (non-hydrogen) atoms. The maximum absolute atomic E-state index is 13.6. The van der Waals surface area contributed by atoms with Gasteiger partial charge < -0.3 is 4.57 Å². The number of hydrogen-bond donors (Lipinski definition) is 0. The second-order valence-electron chi connectivity index (χ2n) is 4.95. The molecule has 0 bridgehead atoms. The van der Waals surface area contributed by atoms with Gasteiger partial charge in [-0.3, -0.25) is 4.79 Å². The van der Waals surface area contributed by atoms with Crippen molar-refractivity contribution in [1.29, 1.82) is 0 Å². The van der Waals surface area contributed by atoms with Crippen LogP contribution in [0.2, 0.25) is 5.02 Å². The lowest BCUT2D eigenvalue weighted by Gasteiger charge is -2.06. The van der Waals surface area contributed by atoms with Crippen molar-refractivity contribution in [2.24, 2.45) is 0 Å². The van der Waals surface area contributed by atoms with E-state index in [9.17, 15) is 9.18 Å². The van der Waals surface area contributed by atoms with Gasteiger partial charge in [0.2, 0.25) is 0 Å². The van der Waals surface area contributed by atoms with Crippen molar-refractivity contribution in [3.05, 3.63) is 71.1 Å². The van der Waals surface area contributed by atoms with Gasteiger partial charge in [0.25, 0.3) is 0 Å². The van der Waals surface area contributed by atoms with E-state index >= 15 is 0 Å². The van der Waals surface area contributed by atoms with Crippen LogP contribution >= 0.6 is 11.6 Å². The minimum atomic E-state index is -0.338. The van der Waals surface area contributed by atoms with E-state index in [1.54, 1.807) is 24.3 Å². The van der Waals surface area contributed by atoms with Crippen LogP contribution in [-0.2, 0) is 17.8 Å². The number of benzene rings is 2. The summed E-state index contributed by atoms with van der Waals surface area (Å²) in [6, 6.07) is 13.8. The average molecular weight is 302 g/mol. The fourth-order valence-corrected chi connectivity index (χ4v) is 2.59. The van der Waals surface area contributed by atoms with E-state index in [2.05, 4.69) is 0 Å². The van der Waals surface area contributed by atoms with Gasteiger partial charge in [0, 0.05) is 28.5 Å². The normalized spacial score (nSPS) is 11.0. The summed E-state index contributed by atoms with van der Waals surface area (Å²) in [6.45, 7) is 0.222. The minimum Gasteiger partial charge on any atom is -0.340 e. The molecular weight excluding hydrogens is 289 g/mol. The zero-order valence-corrected chi connectivity index (χ0v) is 12.0. The topological polar surface area (TPSA) is 22.0 Å². The highest BCUT2D eigenvalue weighted by Gasteiger charge is 2.10. The second kappa shape index (κ2) is 5.70. The van der Waals surface area contributed by atoms with Crippen molar-refractivity contribution in [2.45, 2.75) is 13.0 Å². The summed E-state index contributed by atoms with van der Waals surface area (Å²) < 4.78 is 15.4. The standard InChI is InChI=1S/C17H13ClFNO/c18-14-5-6-17-13(9-14)7-8-20(17)11-15(21)10-12-3-1-2-4-16(12)19/h1-9H,10-11H2. The van der Waals surface area contributed by atoms with Gasteiger partial charge in [-0.15, -0.1) is 0 Å². The van der Waals surface area contributed by atoms with Crippen LogP contribution in [-0.4, -0.2) is 10.4 Å². The zero-order valence-electron chi connectivity index (χ0n) is 11.2. The Bertz CT molecular complexity index is 809. The number of nitrogens with zero attached hydrogens (tertiary/aromatic N) is 1. The molecule has 0 aliphatic carbocycles. The maximum atomic E-state index is 13.6. The molecule has 0 saturated carbocycles. The number of ketones is 1. The first-order valence-electron chi connectivity index (χ1n) is 6.63. The molecule has 3 aromatic rings. The largest absolute Gasteiger partial charge is 0.340 e. The van der Waals surface area contributed by atoms with Gasteiger partial charge in [-0.2, -0.15) is 0 Å². The van der Waals surface area contributed by atoms with Crippen molar-refractivity contribution in [1.82, 2.24) is 4.57 Å². The van der Waals surface area contributed by atoms with Crippen LogP contribution in [0.25, 0.3) is 10.9 Å². The molecule has 0 aliphatic rings. The number of carbonyl (C=O) groups is 1. The van der Waals surface area contributed by atoms with E-state index in [-0.39, 0.29) is 24.6 Å². The van der Waals surface area contributed by atoms with E-state index < -0.39 is 0 Å². The molecule has 1 aromatic heterocycles.